The number of aromatic nitrogens is 6. The van der Waals surface area contributed by atoms with Crippen molar-refractivity contribution < 1.29 is 9.53 Å². The van der Waals surface area contributed by atoms with E-state index in [1.807, 2.05) is 19.4 Å². The number of carbonyl (C=O) groups is 1. The Hall–Kier alpha value is -3.61. The van der Waals surface area contributed by atoms with Crippen LogP contribution in [0.15, 0.2) is 35.6 Å². The standard InChI is InChI=1S/C23H24N8O3S/c1-29-9-13(7-25-29)17-10-31-23(35-17)19-21(28-31)20-16(27-22(19)33)6-14(8-24-20)26-18(32)11-30-5-3-4-15(30)12-34-2/h6-10,15H,3-5,11-12H2,1-2H3,(H,26,32)(H,27,33). The molecule has 0 saturated carbocycles. The van der Waals surface area contributed by atoms with Crippen molar-refractivity contribution in [3.05, 3.63) is 41.2 Å². The van der Waals surface area contributed by atoms with Crippen LogP contribution in [0.4, 0.5) is 5.69 Å². The summed E-state index contributed by atoms with van der Waals surface area (Å²) in [6.45, 7) is 1.79. The molecule has 1 aliphatic heterocycles. The van der Waals surface area contributed by atoms with E-state index in [9.17, 15) is 9.59 Å². The van der Waals surface area contributed by atoms with Gasteiger partial charge in [0, 0.05) is 38.2 Å². The first kappa shape index (κ1) is 21.9. The molecule has 1 unspecified atom stereocenters. The molecule has 180 valence electrons. The van der Waals surface area contributed by atoms with Crippen molar-refractivity contribution in [3.63, 3.8) is 0 Å². The molecular weight excluding hydrogens is 468 g/mol. The molecule has 0 radical (unpaired) electrons. The number of nitrogens with one attached hydrogen (secondary N) is 2. The van der Waals surface area contributed by atoms with Crippen LogP contribution in [0.1, 0.15) is 12.8 Å². The van der Waals surface area contributed by atoms with E-state index in [0.717, 1.165) is 34.7 Å². The first-order chi connectivity index (χ1) is 17.0. The summed E-state index contributed by atoms with van der Waals surface area (Å²) in [5.74, 6) is -0.122. The molecule has 1 amide bonds. The summed E-state index contributed by atoms with van der Waals surface area (Å²) < 4.78 is 8.72. The molecule has 2 N–H and O–H groups in total. The number of aryl methyl sites for hydroxylation is 1. The second-order valence-electron chi connectivity index (χ2n) is 8.82. The molecular formula is C23H24N8O3S. The van der Waals surface area contributed by atoms with Crippen molar-refractivity contribution in [1.82, 2.24) is 34.3 Å². The molecule has 0 bridgehead atoms. The van der Waals surface area contributed by atoms with Gasteiger partial charge in [-0.15, -0.1) is 11.3 Å². The lowest BCUT2D eigenvalue weighted by molar-refractivity contribution is -0.117. The Morgan fingerprint density at radius 2 is 2.20 bits per heavy atom. The quantitative estimate of drug-likeness (QED) is 0.373. The van der Waals surface area contributed by atoms with Gasteiger partial charge >= 0.3 is 0 Å². The van der Waals surface area contributed by atoms with E-state index in [0.29, 0.717) is 34.2 Å². The number of aromatic amines is 1. The predicted molar refractivity (Wildman–Crippen MR) is 134 cm³/mol. The number of hydrogen-bond donors (Lipinski definition) is 2. The lowest BCUT2D eigenvalue weighted by Crippen LogP contribution is -2.38. The monoisotopic (exact) mass is 492 g/mol. The number of fused-ring (bicyclic) bond motifs is 5. The molecule has 5 aromatic heterocycles. The van der Waals surface area contributed by atoms with Gasteiger partial charge in [0.2, 0.25) is 5.91 Å². The van der Waals surface area contributed by atoms with Gasteiger partial charge in [0.1, 0.15) is 21.3 Å². The van der Waals surface area contributed by atoms with Gasteiger partial charge in [0.05, 0.1) is 41.6 Å². The van der Waals surface area contributed by atoms with E-state index in [2.05, 4.69) is 30.4 Å². The number of anilines is 1. The van der Waals surface area contributed by atoms with Crippen LogP contribution in [0.25, 0.3) is 37.2 Å². The van der Waals surface area contributed by atoms with Crippen molar-refractivity contribution >= 4 is 49.7 Å². The summed E-state index contributed by atoms with van der Waals surface area (Å²) in [6.07, 6.45) is 9.29. The van der Waals surface area contributed by atoms with E-state index >= 15 is 0 Å². The number of H-pyrrole nitrogens is 1. The Morgan fingerprint density at radius 1 is 1.31 bits per heavy atom. The van der Waals surface area contributed by atoms with Crippen molar-refractivity contribution in [2.75, 3.05) is 32.1 Å². The third kappa shape index (κ3) is 3.89. The summed E-state index contributed by atoms with van der Waals surface area (Å²) in [5, 5.41) is 12.3. The molecule has 1 aliphatic rings. The molecule has 11 nitrogen and oxygen atoms in total. The van der Waals surface area contributed by atoms with Gasteiger partial charge in [0.15, 0.2) is 0 Å². The van der Waals surface area contributed by atoms with Crippen molar-refractivity contribution in [1.29, 1.82) is 0 Å². The molecule has 35 heavy (non-hydrogen) atoms. The van der Waals surface area contributed by atoms with Gasteiger partial charge in [-0.3, -0.25) is 24.2 Å². The summed E-state index contributed by atoms with van der Waals surface area (Å²) >= 11 is 1.48. The van der Waals surface area contributed by atoms with Crippen LogP contribution < -0.4 is 10.9 Å². The van der Waals surface area contributed by atoms with Gasteiger partial charge in [-0.2, -0.15) is 10.2 Å². The highest BCUT2D eigenvalue weighted by molar-refractivity contribution is 7.21. The Balaban J connectivity index is 1.30. The van der Waals surface area contributed by atoms with Crippen molar-refractivity contribution in [3.8, 4) is 10.4 Å². The van der Waals surface area contributed by atoms with Crippen LogP contribution in [0.2, 0.25) is 0 Å². The molecule has 1 saturated heterocycles. The zero-order chi connectivity index (χ0) is 24.1. The van der Waals surface area contributed by atoms with E-state index in [1.54, 1.807) is 34.8 Å². The van der Waals surface area contributed by atoms with Crippen LogP contribution in [0.5, 0.6) is 0 Å². The van der Waals surface area contributed by atoms with E-state index in [4.69, 9.17) is 4.74 Å². The minimum atomic E-state index is -0.244. The van der Waals surface area contributed by atoms with Gasteiger partial charge in [-0.1, -0.05) is 0 Å². The van der Waals surface area contributed by atoms with Crippen LogP contribution in [0.3, 0.4) is 0 Å². The van der Waals surface area contributed by atoms with Gasteiger partial charge in [-0.05, 0) is 25.5 Å². The summed E-state index contributed by atoms with van der Waals surface area (Å²) in [6, 6.07) is 1.99. The molecule has 6 heterocycles. The topological polar surface area (TPSA) is 122 Å². The first-order valence-electron chi connectivity index (χ1n) is 11.4. The second-order valence-corrected chi connectivity index (χ2v) is 9.85. The minimum absolute atomic E-state index is 0.122. The first-order valence-corrected chi connectivity index (χ1v) is 12.2. The third-order valence-corrected chi connectivity index (χ3v) is 7.52. The van der Waals surface area contributed by atoms with Crippen LogP contribution >= 0.6 is 11.3 Å². The van der Waals surface area contributed by atoms with Crippen molar-refractivity contribution in [2.45, 2.75) is 18.9 Å². The number of rotatable bonds is 6. The lowest BCUT2D eigenvalue weighted by atomic mass is 10.2. The number of hydrogen-bond acceptors (Lipinski definition) is 8. The SMILES string of the molecule is COCC1CCCN1CC(=O)Nc1cnc2c(c1)[nH]c(=O)c1c2nn2cc(-c3cnn(C)c3)sc12. The second kappa shape index (κ2) is 8.56. The molecule has 1 atom stereocenters. The average molecular weight is 493 g/mol. The molecule has 0 aromatic carbocycles. The van der Waals surface area contributed by atoms with Gasteiger partial charge in [0.25, 0.3) is 5.56 Å². The van der Waals surface area contributed by atoms with Crippen molar-refractivity contribution in [2.24, 2.45) is 7.05 Å². The third-order valence-electron chi connectivity index (χ3n) is 6.38. The largest absolute Gasteiger partial charge is 0.383 e. The number of thiazole rings is 1. The number of carbonyl (C=O) groups excluding carboxylic acids is 1. The lowest BCUT2D eigenvalue weighted by Gasteiger charge is -2.23. The van der Waals surface area contributed by atoms with E-state index in [-0.39, 0.29) is 24.1 Å². The Bertz CT molecular complexity index is 1630. The van der Waals surface area contributed by atoms with E-state index < -0.39 is 0 Å². The molecule has 5 aromatic rings. The zero-order valence-corrected chi connectivity index (χ0v) is 20.1. The fourth-order valence-electron chi connectivity index (χ4n) is 4.77. The normalized spacial score (nSPS) is 16.7. The van der Waals surface area contributed by atoms with Crippen LogP contribution in [-0.4, -0.2) is 73.0 Å². The number of amides is 1. The maximum atomic E-state index is 13.0. The highest BCUT2D eigenvalue weighted by Gasteiger charge is 2.26. The predicted octanol–water partition coefficient (Wildman–Crippen LogP) is 2.24. The number of pyridine rings is 2. The Kier molecular flexibility index (Phi) is 5.35. The number of ether oxygens (including phenoxy) is 1. The Morgan fingerprint density at radius 3 is 3.00 bits per heavy atom. The highest BCUT2D eigenvalue weighted by atomic mass is 32.1. The van der Waals surface area contributed by atoms with Gasteiger partial charge in [-0.25, -0.2) is 4.52 Å². The highest BCUT2D eigenvalue weighted by Crippen LogP contribution is 2.33. The number of nitrogens with zero attached hydrogens (tertiary/aromatic N) is 6. The fourth-order valence-corrected chi connectivity index (χ4v) is 5.83. The fraction of sp³-hybridized carbons (Fsp3) is 0.348. The van der Waals surface area contributed by atoms with E-state index in [1.165, 1.54) is 11.3 Å². The smallest absolute Gasteiger partial charge is 0.261 e. The summed E-state index contributed by atoms with van der Waals surface area (Å²) in [5.41, 5.74) is 2.89. The zero-order valence-electron chi connectivity index (χ0n) is 19.3. The number of methoxy groups -OCH3 is 1. The van der Waals surface area contributed by atoms with Crippen LogP contribution in [0, 0.1) is 0 Å². The maximum absolute atomic E-state index is 13.0. The molecule has 1 fully saturated rings. The molecule has 12 heteroatoms. The average Bonchev–Trinajstić information content (AvgIpc) is 3.58. The minimum Gasteiger partial charge on any atom is -0.383 e. The summed E-state index contributed by atoms with van der Waals surface area (Å²) in [7, 11) is 3.54. The Labute approximate surface area is 203 Å². The molecule has 6 rings (SSSR count). The summed E-state index contributed by atoms with van der Waals surface area (Å²) in [4.78, 5) is 37.0. The maximum Gasteiger partial charge on any atom is 0.261 e. The molecule has 0 spiro atoms. The number of likely N-dealkylation sites (tertiary alicyclic amines) is 1. The molecule has 0 aliphatic carbocycles. The van der Waals surface area contributed by atoms with Gasteiger partial charge < -0.3 is 15.0 Å². The van der Waals surface area contributed by atoms with Crippen LogP contribution in [-0.2, 0) is 16.6 Å².